The van der Waals surface area contributed by atoms with Crippen molar-refractivity contribution in [2.75, 3.05) is 7.11 Å². The molecule has 2 rings (SSSR count). The minimum atomic E-state index is -0.354. The number of hydrogen-bond acceptors (Lipinski definition) is 4. The summed E-state index contributed by atoms with van der Waals surface area (Å²) in [6.07, 6.45) is 3.25. The number of nitrogens with one attached hydrogen (secondary N) is 1. The minimum absolute atomic E-state index is 0.289. The van der Waals surface area contributed by atoms with Crippen LogP contribution in [0.3, 0.4) is 0 Å². The zero-order valence-electron chi connectivity index (χ0n) is 10.9. The van der Waals surface area contributed by atoms with Gasteiger partial charge in [0.2, 0.25) is 0 Å². The van der Waals surface area contributed by atoms with Crippen LogP contribution in [0.4, 0.5) is 4.39 Å². The Hall–Kier alpha value is -1.98. The third kappa shape index (κ3) is 2.89. The molecule has 0 amide bonds. The molecule has 1 aromatic heterocycles. The zero-order chi connectivity index (χ0) is 13.8. The van der Waals surface area contributed by atoms with Gasteiger partial charge in [-0.25, -0.2) is 9.82 Å². The first-order valence-electron chi connectivity index (χ1n) is 5.87. The van der Waals surface area contributed by atoms with Gasteiger partial charge >= 0.3 is 0 Å². The quantitative estimate of drug-likeness (QED) is 0.653. The average molecular weight is 261 g/mol. The lowest BCUT2D eigenvalue weighted by molar-refractivity contribution is 0.402. The molecule has 5 heteroatoms. The number of nitrogens with zero attached hydrogens (tertiary/aromatic N) is 1. The third-order valence-corrected chi connectivity index (χ3v) is 2.91. The predicted molar refractivity (Wildman–Crippen MR) is 71.1 cm³/mol. The molecule has 1 unspecified atom stereocenters. The van der Waals surface area contributed by atoms with Crippen LogP contribution in [0.2, 0.25) is 0 Å². The van der Waals surface area contributed by atoms with E-state index in [1.165, 1.54) is 12.1 Å². The lowest BCUT2D eigenvalue weighted by Crippen LogP contribution is -2.29. The number of rotatable bonds is 4. The van der Waals surface area contributed by atoms with Gasteiger partial charge in [0.25, 0.3) is 0 Å². The molecule has 100 valence electrons. The second-order valence-electron chi connectivity index (χ2n) is 4.28. The molecule has 19 heavy (non-hydrogen) atoms. The smallest absolute Gasteiger partial charge is 0.142 e. The average Bonchev–Trinajstić information content (AvgIpc) is 2.39. The van der Waals surface area contributed by atoms with Crippen LogP contribution in [0.15, 0.2) is 36.7 Å². The highest BCUT2D eigenvalue weighted by atomic mass is 19.1. The van der Waals surface area contributed by atoms with Crippen molar-refractivity contribution >= 4 is 0 Å². The molecule has 1 heterocycles. The summed E-state index contributed by atoms with van der Waals surface area (Å²) in [5.41, 5.74) is 5.08. The van der Waals surface area contributed by atoms with E-state index in [1.54, 1.807) is 25.6 Å². The van der Waals surface area contributed by atoms with Crippen LogP contribution >= 0.6 is 0 Å². The standard InChI is InChI=1S/C14H16FN3O/c1-9-5-10(7-11(15)6-9)14(18-16)12-3-4-17-8-13(12)19-2/h3-8,14,18H,16H2,1-2H3. The highest BCUT2D eigenvalue weighted by Crippen LogP contribution is 2.29. The molecule has 0 aliphatic carbocycles. The highest BCUT2D eigenvalue weighted by Gasteiger charge is 2.17. The molecule has 0 aliphatic rings. The van der Waals surface area contributed by atoms with Gasteiger partial charge in [0.1, 0.15) is 11.6 Å². The Kier molecular flexibility index (Phi) is 4.09. The second kappa shape index (κ2) is 5.77. The van der Waals surface area contributed by atoms with Crippen molar-refractivity contribution in [1.82, 2.24) is 10.4 Å². The fourth-order valence-electron chi connectivity index (χ4n) is 2.10. The molecule has 1 atom stereocenters. The largest absolute Gasteiger partial charge is 0.495 e. The fourth-order valence-corrected chi connectivity index (χ4v) is 2.10. The first-order valence-corrected chi connectivity index (χ1v) is 5.87. The van der Waals surface area contributed by atoms with Crippen LogP contribution in [0.5, 0.6) is 5.75 Å². The Bertz CT molecular complexity index is 554. The monoisotopic (exact) mass is 261 g/mol. The Labute approximate surface area is 111 Å². The molecule has 0 saturated heterocycles. The van der Waals surface area contributed by atoms with Crippen molar-refractivity contribution < 1.29 is 9.13 Å². The molecule has 0 aliphatic heterocycles. The van der Waals surface area contributed by atoms with Crippen molar-refractivity contribution in [3.8, 4) is 5.75 Å². The molecule has 0 fully saturated rings. The highest BCUT2D eigenvalue weighted by molar-refractivity contribution is 5.40. The van der Waals surface area contributed by atoms with E-state index < -0.39 is 0 Å². The first-order chi connectivity index (χ1) is 9.15. The summed E-state index contributed by atoms with van der Waals surface area (Å²) < 4.78 is 18.8. The molecule has 0 radical (unpaired) electrons. The first kappa shape index (κ1) is 13.5. The summed E-state index contributed by atoms with van der Waals surface area (Å²) in [6.45, 7) is 1.84. The molecule has 4 nitrogen and oxygen atoms in total. The van der Waals surface area contributed by atoms with Crippen molar-refractivity contribution in [1.29, 1.82) is 0 Å². The van der Waals surface area contributed by atoms with E-state index in [2.05, 4.69) is 10.4 Å². The minimum Gasteiger partial charge on any atom is -0.495 e. The van der Waals surface area contributed by atoms with Crippen LogP contribution in [0.1, 0.15) is 22.7 Å². The number of ether oxygens (including phenoxy) is 1. The van der Waals surface area contributed by atoms with Gasteiger partial charge in [0.15, 0.2) is 0 Å². The number of pyridine rings is 1. The van der Waals surface area contributed by atoms with E-state index in [9.17, 15) is 4.39 Å². The Morgan fingerprint density at radius 3 is 2.79 bits per heavy atom. The van der Waals surface area contributed by atoms with Gasteiger partial charge in [-0.15, -0.1) is 0 Å². The van der Waals surface area contributed by atoms with Crippen LogP contribution in [0.25, 0.3) is 0 Å². The number of hydrogen-bond donors (Lipinski definition) is 2. The van der Waals surface area contributed by atoms with Gasteiger partial charge in [0, 0.05) is 11.8 Å². The SMILES string of the molecule is COc1cnccc1C(NN)c1cc(C)cc(F)c1. The lowest BCUT2D eigenvalue weighted by atomic mass is 9.98. The predicted octanol–water partition coefficient (Wildman–Crippen LogP) is 2.09. The summed E-state index contributed by atoms with van der Waals surface area (Å²) in [7, 11) is 1.56. The number of benzene rings is 1. The van der Waals surface area contributed by atoms with E-state index in [-0.39, 0.29) is 11.9 Å². The number of aromatic nitrogens is 1. The van der Waals surface area contributed by atoms with Crippen molar-refractivity contribution in [2.24, 2.45) is 5.84 Å². The summed E-state index contributed by atoms with van der Waals surface area (Å²) in [4.78, 5) is 3.99. The van der Waals surface area contributed by atoms with Crippen LogP contribution in [0, 0.1) is 12.7 Å². The number of halogens is 1. The molecular weight excluding hydrogens is 245 g/mol. The van der Waals surface area contributed by atoms with E-state index >= 15 is 0 Å². The van der Waals surface area contributed by atoms with Gasteiger partial charge < -0.3 is 4.74 Å². The third-order valence-electron chi connectivity index (χ3n) is 2.91. The maximum atomic E-state index is 13.5. The lowest BCUT2D eigenvalue weighted by Gasteiger charge is -2.19. The van der Waals surface area contributed by atoms with Crippen LogP contribution < -0.4 is 16.0 Å². The number of methoxy groups -OCH3 is 1. The number of aryl methyl sites for hydroxylation is 1. The van der Waals surface area contributed by atoms with Gasteiger partial charge in [-0.1, -0.05) is 6.07 Å². The Morgan fingerprint density at radius 2 is 2.16 bits per heavy atom. The van der Waals surface area contributed by atoms with Gasteiger partial charge in [0.05, 0.1) is 19.3 Å². The number of nitrogens with two attached hydrogens (primary N) is 1. The van der Waals surface area contributed by atoms with Gasteiger partial charge in [-0.3, -0.25) is 10.8 Å². The van der Waals surface area contributed by atoms with Gasteiger partial charge in [-0.2, -0.15) is 0 Å². The molecule has 2 aromatic rings. The van der Waals surface area contributed by atoms with Crippen LogP contribution in [-0.4, -0.2) is 12.1 Å². The summed E-state index contributed by atoms with van der Waals surface area (Å²) >= 11 is 0. The maximum Gasteiger partial charge on any atom is 0.142 e. The summed E-state index contributed by atoms with van der Waals surface area (Å²) in [6, 6.07) is 6.25. The fraction of sp³-hybridized carbons (Fsp3) is 0.214. The molecule has 0 saturated carbocycles. The normalized spacial score (nSPS) is 12.2. The molecule has 0 spiro atoms. The van der Waals surface area contributed by atoms with Gasteiger partial charge in [-0.05, 0) is 36.2 Å². The Balaban J connectivity index is 2.49. The van der Waals surface area contributed by atoms with Crippen molar-refractivity contribution in [2.45, 2.75) is 13.0 Å². The topological polar surface area (TPSA) is 60.2 Å². The van der Waals surface area contributed by atoms with E-state index in [0.29, 0.717) is 5.75 Å². The molecule has 0 bridgehead atoms. The van der Waals surface area contributed by atoms with Crippen molar-refractivity contribution in [3.63, 3.8) is 0 Å². The van der Waals surface area contributed by atoms with E-state index in [0.717, 1.165) is 16.7 Å². The van der Waals surface area contributed by atoms with Crippen LogP contribution in [-0.2, 0) is 0 Å². The second-order valence-corrected chi connectivity index (χ2v) is 4.28. The zero-order valence-corrected chi connectivity index (χ0v) is 10.9. The molecule has 3 N–H and O–H groups in total. The maximum absolute atomic E-state index is 13.5. The van der Waals surface area contributed by atoms with E-state index in [4.69, 9.17) is 10.6 Å². The molecular formula is C14H16FN3O. The summed E-state index contributed by atoms with van der Waals surface area (Å²) in [5, 5.41) is 0. The number of hydrazine groups is 1. The summed E-state index contributed by atoms with van der Waals surface area (Å²) in [5.74, 6) is 5.93. The van der Waals surface area contributed by atoms with Crippen molar-refractivity contribution in [3.05, 3.63) is 59.2 Å². The molecule has 1 aromatic carbocycles. The van der Waals surface area contributed by atoms with E-state index in [1.807, 2.05) is 13.0 Å². The Morgan fingerprint density at radius 1 is 1.37 bits per heavy atom.